The summed E-state index contributed by atoms with van der Waals surface area (Å²) in [6.45, 7) is 6.80. The SMILES string of the molecule is CCC1CN(c2cc(N)ccc2C)C1. The number of hydrogen-bond acceptors (Lipinski definition) is 2. The molecule has 2 heteroatoms. The van der Waals surface area contributed by atoms with Gasteiger partial charge in [0.05, 0.1) is 0 Å². The smallest absolute Gasteiger partial charge is 0.0416 e. The predicted molar refractivity (Wildman–Crippen MR) is 61.6 cm³/mol. The van der Waals surface area contributed by atoms with Crippen molar-refractivity contribution < 1.29 is 0 Å². The lowest BCUT2D eigenvalue weighted by Crippen LogP contribution is -2.46. The molecule has 76 valence electrons. The molecule has 1 heterocycles. The van der Waals surface area contributed by atoms with E-state index < -0.39 is 0 Å². The normalized spacial score (nSPS) is 16.9. The molecule has 0 spiro atoms. The van der Waals surface area contributed by atoms with Gasteiger partial charge in [0.15, 0.2) is 0 Å². The molecule has 0 radical (unpaired) electrons. The van der Waals surface area contributed by atoms with E-state index in [0.717, 1.165) is 11.6 Å². The van der Waals surface area contributed by atoms with Crippen LogP contribution in [-0.2, 0) is 0 Å². The first kappa shape index (κ1) is 9.38. The Morgan fingerprint density at radius 2 is 2.14 bits per heavy atom. The number of nitrogens with zero attached hydrogens (tertiary/aromatic N) is 1. The highest BCUT2D eigenvalue weighted by atomic mass is 15.2. The zero-order valence-electron chi connectivity index (χ0n) is 8.96. The summed E-state index contributed by atoms with van der Waals surface area (Å²) >= 11 is 0. The van der Waals surface area contributed by atoms with Gasteiger partial charge < -0.3 is 10.6 Å². The van der Waals surface area contributed by atoms with Crippen LogP contribution < -0.4 is 10.6 Å². The van der Waals surface area contributed by atoms with Crippen molar-refractivity contribution in [2.24, 2.45) is 5.92 Å². The maximum atomic E-state index is 5.78. The zero-order chi connectivity index (χ0) is 10.1. The van der Waals surface area contributed by atoms with Crippen LogP contribution in [0.4, 0.5) is 11.4 Å². The van der Waals surface area contributed by atoms with Crippen LogP contribution in [0.5, 0.6) is 0 Å². The van der Waals surface area contributed by atoms with Crippen molar-refractivity contribution >= 4 is 11.4 Å². The second-order valence-corrected chi connectivity index (χ2v) is 4.23. The molecule has 0 unspecified atom stereocenters. The van der Waals surface area contributed by atoms with E-state index in [-0.39, 0.29) is 0 Å². The van der Waals surface area contributed by atoms with Gasteiger partial charge in [0.1, 0.15) is 0 Å². The minimum atomic E-state index is 0.866. The van der Waals surface area contributed by atoms with E-state index in [0.29, 0.717) is 0 Å². The molecular weight excluding hydrogens is 172 g/mol. The van der Waals surface area contributed by atoms with Gasteiger partial charge in [-0.3, -0.25) is 0 Å². The lowest BCUT2D eigenvalue weighted by Gasteiger charge is -2.41. The van der Waals surface area contributed by atoms with Gasteiger partial charge in [-0.1, -0.05) is 13.0 Å². The van der Waals surface area contributed by atoms with Crippen molar-refractivity contribution in [3.63, 3.8) is 0 Å². The molecule has 14 heavy (non-hydrogen) atoms. The third-order valence-corrected chi connectivity index (χ3v) is 3.11. The number of hydrogen-bond donors (Lipinski definition) is 1. The lowest BCUT2D eigenvalue weighted by molar-refractivity contribution is 0.398. The topological polar surface area (TPSA) is 29.3 Å². The Bertz CT molecular complexity index is 327. The van der Waals surface area contributed by atoms with E-state index in [1.165, 1.54) is 30.8 Å². The van der Waals surface area contributed by atoms with E-state index in [1.807, 2.05) is 6.07 Å². The van der Waals surface area contributed by atoms with Crippen molar-refractivity contribution in [2.45, 2.75) is 20.3 Å². The van der Waals surface area contributed by atoms with Crippen LogP contribution in [0.15, 0.2) is 18.2 Å². The molecule has 1 aromatic rings. The van der Waals surface area contributed by atoms with Crippen molar-refractivity contribution in [2.75, 3.05) is 23.7 Å². The Morgan fingerprint density at radius 1 is 1.43 bits per heavy atom. The number of anilines is 2. The van der Waals surface area contributed by atoms with Gasteiger partial charge in [-0.15, -0.1) is 0 Å². The van der Waals surface area contributed by atoms with E-state index >= 15 is 0 Å². The summed E-state index contributed by atoms with van der Waals surface area (Å²) in [7, 11) is 0. The lowest BCUT2D eigenvalue weighted by atomic mass is 9.95. The zero-order valence-corrected chi connectivity index (χ0v) is 8.96. The molecule has 2 rings (SSSR count). The summed E-state index contributed by atoms with van der Waals surface area (Å²) in [5.74, 6) is 0.885. The highest BCUT2D eigenvalue weighted by molar-refractivity contribution is 5.62. The number of nitrogens with two attached hydrogens (primary N) is 1. The molecule has 0 atom stereocenters. The molecule has 0 bridgehead atoms. The first-order chi connectivity index (χ1) is 6.70. The van der Waals surface area contributed by atoms with Gasteiger partial charge in [0.25, 0.3) is 0 Å². The quantitative estimate of drug-likeness (QED) is 0.726. The van der Waals surface area contributed by atoms with Gasteiger partial charge in [-0.25, -0.2) is 0 Å². The average Bonchev–Trinajstić information content (AvgIpc) is 2.09. The van der Waals surface area contributed by atoms with Crippen molar-refractivity contribution in [1.29, 1.82) is 0 Å². The highest BCUT2D eigenvalue weighted by Gasteiger charge is 2.25. The molecule has 1 aliphatic rings. The van der Waals surface area contributed by atoms with Crippen molar-refractivity contribution in [3.8, 4) is 0 Å². The fourth-order valence-electron chi connectivity index (χ4n) is 1.99. The van der Waals surface area contributed by atoms with Crippen LogP contribution >= 0.6 is 0 Å². The minimum Gasteiger partial charge on any atom is -0.399 e. The Hall–Kier alpha value is -1.18. The fraction of sp³-hybridized carbons (Fsp3) is 0.500. The number of benzene rings is 1. The minimum absolute atomic E-state index is 0.866. The van der Waals surface area contributed by atoms with Gasteiger partial charge in [-0.2, -0.15) is 0 Å². The summed E-state index contributed by atoms with van der Waals surface area (Å²) in [5.41, 5.74) is 9.29. The van der Waals surface area contributed by atoms with Crippen LogP contribution in [0.2, 0.25) is 0 Å². The van der Waals surface area contributed by atoms with Gasteiger partial charge in [0.2, 0.25) is 0 Å². The Kier molecular flexibility index (Phi) is 2.36. The van der Waals surface area contributed by atoms with E-state index in [4.69, 9.17) is 5.73 Å². The third kappa shape index (κ3) is 1.57. The number of nitrogen functional groups attached to an aromatic ring is 1. The van der Waals surface area contributed by atoms with Crippen LogP contribution in [0, 0.1) is 12.8 Å². The van der Waals surface area contributed by atoms with Crippen LogP contribution in [0.1, 0.15) is 18.9 Å². The molecular formula is C12H18N2. The van der Waals surface area contributed by atoms with E-state index in [2.05, 4.69) is 30.9 Å². The van der Waals surface area contributed by atoms with Crippen molar-refractivity contribution in [3.05, 3.63) is 23.8 Å². The first-order valence-corrected chi connectivity index (χ1v) is 5.31. The van der Waals surface area contributed by atoms with E-state index in [9.17, 15) is 0 Å². The molecule has 2 nitrogen and oxygen atoms in total. The summed E-state index contributed by atoms with van der Waals surface area (Å²) in [5, 5.41) is 0. The van der Waals surface area contributed by atoms with Gasteiger partial charge in [0, 0.05) is 24.5 Å². The standard InChI is InChI=1S/C12H18N2/c1-3-10-7-14(8-10)12-6-11(13)5-4-9(12)2/h4-6,10H,3,7-8,13H2,1-2H3. The summed E-state index contributed by atoms with van der Waals surface area (Å²) < 4.78 is 0. The highest BCUT2D eigenvalue weighted by Crippen LogP contribution is 2.30. The molecule has 0 saturated carbocycles. The average molecular weight is 190 g/mol. The fourth-order valence-corrected chi connectivity index (χ4v) is 1.99. The second kappa shape index (κ2) is 3.52. The van der Waals surface area contributed by atoms with Crippen molar-refractivity contribution in [1.82, 2.24) is 0 Å². The third-order valence-electron chi connectivity index (χ3n) is 3.11. The molecule has 0 aromatic heterocycles. The molecule has 1 aliphatic heterocycles. The molecule has 1 fully saturated rings. The Labute approximate surface area is 85.7 Å². The van der Waals surface area contributed by atoms with E-state index in [1.54, 1.807) is 0 Å². The van der Waals surface area contributed by atoms with Crippen LogP contribution in [0.3, 0.4) is 0 Å². The second-order valence-electron chi connectivity index (χ2n) is 4.23. The number of aryl methyl sites for hydroxylation is 1. The summed E-state index contributed by atoms with van der Waals surface area (Å²) in [6.07, 6.45) is 1.29. The molecule has 2 N–H and O–H groups in total. The predicted octanol–water partition coefficient (Wildman–Crippen LogP) is 2.42. The van der Waals surface area contributed by atoms with Gasteiger partial charge >= 0.3 is 0 Å². The first-order valence-electron chi connectivity index (χ1n) is 5.31. The summed E-state index contributed by atoms with van der Waals surface area (Å²) in [6, 6.07) is 6.15. The van der Waals surface area contributed by atoms with Gasteiger partial charge in [-0.05, 0) is 37.0 Å². The molecule has 1 saturated heterocycles. The Balaban J connectivity index is 2.13. The van der Waals surface area contributed by atoms with Crippen LogP contribution in [0.25, 0.3) is 0 Å². The monoisotopic (exact) mass is 190 g/mol. The Morgan fingerprint density at radius 3 is 2.79 bits per heavy atom. The maximum Gasteiger partial charge on any atom is 0.0416 e. The largest absolute Gasteiger partial charge is 0.399 e. The van der Waals surface area contributed by atoms with Crippen LogP contribution in [-0.4, -0.2) is 13.1 Å². The molecule has 0 aliphatic carbocycles. The molecule has 1 aromatic carbocycles. The summed E-state index contributed by atoms with van der Waals surface area (Å²) in [4.78, 5) is 2.42. The number of rotatable bonds is 2. The molecule has 0 amide bonds. The maximum absolute atomic E-state index is 5.78.